The summed E-state index contributed by atoms with van der Waals surface area (Å²) in [6, 6.07) is 3.18. The first-order valence-corrected chi connectivity index (χ1v) is 8.85. The fourth-order valence-corrected chi connectivity index (χ4v) is 3.50. The SMILES string of the molecule is CC1CCC(N(C)C(=O)COC(=O)c2cc(Cl)c3c(c2)OCO3)CC1. The molecular formula is C18H22ClNO5. The molecule has 0 spiro atoms. The number of fused-ring (bicyclic) bond motifs is 1. The second-order valence-electron chi connectivity index (χ2n) is 6.69. The van der Waals surface area contributed by atoms with E-state index in [2.05, 4.69) is 6.92 Å². The van der Waals surface area contributed by atoms with Crippen LogP contribution in [-0.4, -0.2) is 43.3 Å². The van der Waals surface area contributed by atoms with Crippen LogP contribution >= 0.6 is 11.6 Å². The number of rotatable bonds is 4. The molecule has 1 amide bonds. The Balaban J connectivity index is 1.55. The van der Waals surface area contributed by atoms with Gasteiger partial charge in [-0.3, -0.25) is 4.79 Å². The van der Waals surface area contributed by atoms with Gasteiger partial charge in [0.05, 0.1) is 10.6 Å². The first-order chi connectivity index (χ1) is 12.0. The van der Waals surface area contributed by atoms with Crippen molar-refractivity contribution >= 4 is 23.5 Å². The van der Waals surface area contributed by atoms with Crippen molar-refractivity contribution in [2.24, 2.45) is 5.92 Å². The molecule has 1 aromatic rings. The third kappa shape index (κ3) is 4.00. The highest BCUT2D eigenvalue weighted by atomic mass is 35.5. The van der Waals surface area contributed by atoms with Gasteiger partial charge in [-0.15, -0.1) is 0 Å². The summed E-state index contributed by atoms with van der Waals surface area (Å²) in [5.41, 5.74) is 0.233. The molecule has 1 heterocycles. The summed E-state index contributed by atoms with van der Waals surface area (Å²) in [5, 5.41) is 0.279. The topological polar surface area (TPSA) is 65.1 Å². The Kier molecular flexibility index (Phi) is 5.37. The summed E-state index contributed by atoms with van der Waals surface area (Å²) in [7, 11) is 1.77. The number of likely N-dealkylation sites (N-methyl/N-ethyl adjacent to an activating group) is 1. The maximum Gasteiger partial charge on any atom is 0.338 e. The molecule has 0 N–H and O–H groups in total. The standard InChI is InChI=1S/C18H22ClNO5/c1-11-3-5-13(6-4-11)20(2)16(21)9-23-18(22)12-7-14(19)17-15(8-12)24-10-25-17/h7-8,11,13H,3-6,9-10H2,1-2H3. The van der Waals surface area contributed by atoms with E-state index in [1.807, 2.05) is 0 Å². The molecule has 1 aliphatic carbocycles. The van der Waals surface area contributed by atoms with Crippen LogP contribution in [0.15, 0.2) is 12.1 Å². The molecule has 1 aliphatic heterocycles. The van der Waals surface area contributed by atoms with Gasteiger partial charge in [0, 0.05) is 13.1 Å². The van der Waals surface area contributed by atoms with E-state index in [-0.39, 0.29) is 35.9 Å². The van der Waals surface area contributed by atoms with Crippen LogP contribution in [0.2, 0.25) is 5.02 Å². The first kappa shape index (κ1) is 17.9. The predicted octanol–water partition coefficient (Wildman–Crippen LogP) is 3.26. The molecule has 0 radical (unpaired) electrons. The molecule has 1 saturated carbocycles. The Bertz CT molecular complexity index is 670. The molecule has 3 rings (SSSR count). The number of hydrogen-bond acceptors (Lipinski definition) is 5. The van der Waals surface area contributed by atoms with Gasteiger partial charge in [0.2, 0.25) is 6.79 Å². The summed E-state index contributed by atoms with van der Waals surface area (Å²) < 4.78 is 15.6. The van der Waals surface area contributed by atoms with Crippen LogP contribution in [-0.2, 0) is 9.53 Å². The van der Waals surface area contributed by atoms with E-state index in [4.69, 9.17) is 25.8 Å². The van der Waals surface area contributed by atoms with Crippen molar-refractivity contribution in [3.05, 3.63) is 22.7 Å². The number of hydrogen-bond donors (Lipinski definition) is 0. The number of carbonyl (C=O) groups is 2. The Morgan fingerprint density at radius 2 is 1.96 bits per heavy atom. The summed E-state index contributed by atoms with van der Waals surface area (Å²) >= 11 is 6.06. The summed E-state index contributed by atoms with van der Waals surface area (Å²) in [6.45, 7) is 2.01. The highest BCUT2D eigenvalue weighted by Crippen LogP contribution is 2.39. The highest BCUT2D eigenvalue weighted by Gasteiger charge is 2.26. The third-order valence-corrected chi connectivity index (χ3v) is 5.20. The van der Waals surface area contributed by atoms with Gasteiger partial charge < -0.3 is 19.1 Å². The number of benzene rings is 1. The van der Waals surface area contributed by atoms with Crippen molar-refractivity contribution in [2.75, 3.05) is 20.4 Å². The van der Waals surface area contributed by atoms with Crippen molar-refractivity contribution in [3.63, 3.8) is 0 Å². The average Bonchev–Trinajstić information content (AvgIpc) is 3.08. The maximum absolute atomic E-state index is 12.3. The Hall–Kier alpha value is -1.95. The van der Waals surface area contributed by atoms with Crippen molar-refractivity contribution in [3.8, 4) is 11.5 Å². The zero-order valence-electron chi connectivity index (χ0n) is 14.4. The fraction of sp³-hybridized carbons (Fsp3) is 0.556. The van der Waals surface area contributed by atoms with Gasteiger partial charge in [0.1, 0.15) is 0 Å². The molecule has 0 saturated heterocycles. The van der Waals surface area contributed by atoms with Crippen molar-refractivity contribution in [1.29, 1.82) is 0 Å². The van der Waals surface area contributed by atoms with Crippen molar-refractivity contribution in [1.82, 2.24) is 4.90 Å². The van der Waals surface area contributed by atoms with E-state index in [1.165, 1.54) is 12.1 Å². The molecular weight excluding hydrogens is 346 g/mol. The highest BCUT2D eigenvalue weighted by molar-refractivity contribution is 6.32. The monoisotopic (exact) mass is 367 g/mol. The van der Waals surface area contributed by atoms with Gasteiger partial charge in [-0.2, -0.15) is 0 Å². The van der Waals surface area contributed by atoms with E-state index in [9.17, 15) is 9.59 Å². The molecule has 2 aliphatic rings. The van der Waals surface area contributed by atoms with E-state index in [0.717, 1.165) is 25.7 Å². The number of nitrogens with zero attached hydrogens (tertiary/aromatic N) is 1. The molecule has 6 nitrogen and oxygen atoms in total. The van der Waals surface area contributed by atoms with Gasteiger partial charge in [0.25, 0.3) is 5.91 Å². The van der Waals surface area contributed by atoms with Gasteiger partial charge in [-0.05, 0) is 43.7 Å². The van der Waals surface area contributed by atoms with Crippen LogP contribution < -0.4 is 9.47 Å². The van der Waals surface area contributed by atoms with Crippen LogP contribution in [0, 0.1) is 5.92 Å². The fourth-order valence-electron chi connectivity index (χ4n) is 3.23. The van der Waals surface area contributed by atoms with E-state index in [1.54, 1.807) is 11.9 Å². The molecule has 0 atom stereocenters. The van der Waals surface area contributed by atoms with Crippen LogP contribution in [0.5, 0.6) is 11.5 Å². The molecule has 0 aromatic heterocycles. The minimum Gasteiger partial charge on any atom is -0.454 e. The van der Waals surface area contributed by atoms with Crippen molar-refractivity contribution < 1.29 is 23.8 Å². The minimum absolute atomic E-state index is 0.0663. The van der Waals surface area contributed by atoms with E-state index in [0.29, 0.717) is 17.4 Å². The molecule has 0 unspecified atom stereocenters. The lowest BCUT2D eigenvalue weighted by Gasteiger charge is -2.33. The lowest BCUT2D eigenvalue weighted by Crippen LogP contribution is -2.41. The number of halogens is 1. The molecule has 136 valence electrons. The molecule has 1 fully saturated rings. The quantitative estimate of drug-likeness (QED) is 0.764. The second-order valence-corrected chi connectivity index (χ2v) is 7.09. The van der Waals surface area contributed by atoms with Gasteiger partial charge >= 0.3 is 5.97 Å². The molecule has 1 aromatic carbocycles. The van der Waals surface area contributed by atoms with E-state index < -0.39 is 5.97 Å². The summed E-state index contributed by atoms with van der Waals surface area (Å²) in [4.78, 5) is 26.2. The first-order valence-electron chi connectivity index (χ1n) is 8.47. The van der Waals surface area contributed by atoms with E-state index >= 15 is 0 Å². The number of esters is 1. The van der Waals surface area contributed by atoms with Gasteiger partial charge in [-0.1, -0.05) is 18.5 Å². The second kappa shape index (κ2) is 7.52. The van der Waals surface area contributed by atoms with Crippen LogP contribution in [0.4, 0.5) is 0 Å². The maximum atomic E-state index is 12.3. The van der Waals surface area contributed by atoms with Crippen LogP contribution in [0.1, 0.15) is 43.0 Å². The average molecular weight is 368 g/mol. The third-order valence-electron chi connectivity index (χ3n) is 4.92. The zero-order chi connectivity index (χ0) is 18.0. The van der Waals surface area contributed by atoms with Crippen LogP contribution in [0.3, 0.4) is 0 Å². The lowest BCUT2D eigenvalue weighted by atomic mass is 9.87. The Morgan fingerprint density at radius 3 is 2.68 bits per heavy atom. The largest absolute Gasteiger partial charge is 0.454 e. The molecule has 0 bridgehead atoms. The number of carbonyl (C=O) groups excluding carboxylic acids is 2. The zero-order valence-corrected chi connectivity index (χ0v) is 15.2. The number of amides is 1. The van der Waals surface area contributed by atoms with Gasteiger partial charge in [0.15, 0.2) is 18.1 Å². The number of ether oxygens (including phenoxy) is 3. The lowest BCUT2D eigenvalue weighted by molar-refractivity contribution is -0.136. The summed E-state index contributed by atoms with van der Waals surface area (Å²) in [5.74, 6) is 0.729. The smallest absolute Gasteiger partial charge is 0.338 e. The molecule has 25 heavy (non-hydrogen) atoms. The Morgan fingerprint density at radius 1 is 1.24 bits per heavy atom. The predicted molar refractivity (Wildman–Crippen MR) is 92.0 cm³/mol. The minimum atomic E-state index is -0.612. The normalized spacial score (nSPS) is 21.7. The Labute approximate surface area is 152 Å². The van der Waals surface area contributed by atoms with Crippen molar-refractivity contribution in [2.45, 2.75) is 38.6 Å². The van der Waals surface area contributed by atoms with Crippen LogP contribution in [0.25, 0.3) is 0 Å². The molecule has 7 heteroatoms. The van der Waals surface area contributed by atoms with Gasteiger partial charge in [-0.25, -0.2) is 4.79 Å². The summed E-state index contributed by atoms with van der Waals surface area (Å²) in [6.07, 6.45) is 4.24.